The molecular weight excluding hydrogens is 394 g/mol. The first-order valence-corrected chi connectivity index (χ1v) is 10.1. The maximum Gasteiger partial charge on any atom is 0.190 e. The van der Waals surface area contributed by atoms with E-state index in [1.165, 1.54) is 11.3 Å². The first kappa shape index (κ1) is 18.1. The fourth-order valence-electron chi connectivity index (χ4n) is 2.67. The lowest BCUT2D eigenvalue weighted by molar-refractivity contribution is 0.586. The standard InChI is InChI=1S/C20H22BrN3S/c1-22-13-5-6-14-24-19(16-9-11-17(21)12-10-16)15-25-20(24)23-18-7-3-2-4-8-18/h2-4,7-12,15,22H,5-6,13-14H2,1H3/b23-20+. The molecule has 1 N–H and O–H groups in total. The highest BCUT2D eigenvalue weighted by atomic mass is 79.9. The van der Waals surface area contributed by atoms with E-state index in [4.69, 9.17) is 4.99 Å². The molecule has 3 rings (SSSR count). The number of hydrogen-bond acceptors (Lipinski definition) is 3. The number of benzene rings is 2. The van der Waals surface area contributed by atoms with Gasteiger partial charge in [-0.05, 0) is 56.3 Å². The monoisotopic (exact) mass is 415 g/mol. The van der Waals surface area contributed by atoms with Crippen LogP contribution in [0.2, 0.25) is 0 Å². The zero-order valence-corrected chi connectivity index (χ0v) is 16.7. The SMILES string of the molecule is CNCCCCn1c(-c2ccc(Br)cc2)cs/c1=N/c1ccccc1. The lowest BCUT2D eigenvalue weighted by Crippen LogP contribution is -2.17. The van der Waals surface area contributed by atoms with Crippen molar-refractivity contribution < 1.29 is 0 Å². The third-order valence-electron chi connectivity index (χ3n) is 3.98. The number of rotatable bonds is 7. The van der Waals surface area contributed by atoms with E-state index in [-0.39, 0.29) is 0 Å². The Labute approximate surface area is 161 Å². The molecule has 0 atom stereocenters. The van der Waals surface area contributed by atoms with Gasteiger partial charge in [0.05, 0.1) is 11.4 Å². The largest absolute Gasteiger partial charge is 0.320 e. The van der Waals surface area contributed by atoms with Gasteiger partial charge in [-0.1, -0.05) is 46.3 Å². The van der Waals surface area contributed by atoms with Crippen LogP contribution in [0.15, 0.2) is 69.4 Å². The van der Waals surface area contributed by atoms with E-state index in [9.17, 15) is 0 Å². The van der Waals surface area contributed by atoms with E-state index >= 15 is 0 Å². The van der Waals surface area contributed by atoms with Crippen molar-refractivity contribution in [2.45, 2.75) is 19.4 Å². The van der Waals surface area contributed by atoms with Crippen molar-refractivity contribution in [1.82, 2.24) is 9.88 Å². The molecule has 0 aliphatic rings. The summed E-state index contributed by atoms with van der Waals surface area (Å²) < 4.78 is 3.44. The van der Waals surface area contributed by atoms with Gasteiger partial charge >= 0.3 is 0 Å². The van der Waals surface area contributed by atoms with Gasteiger partial charge in [0.1, 0.15) is 0 Å². The number of nitrogens with zero attached hydrogens (tertiary/aromatic N) is 2. The second-order valence-corrected chi connectivity index (χ2v) is 7.57. The van der Waals surface area contributed by atoms with Crippen LogP contribution in [0.5, 0.6) is 0 Å². The predicted molar refractivity (Wildman–Crippen MR) is 110 cm³/mol. The van der Waals surface area contributed by atoms with Crippen LogP contribution in [0.4, 0.5) is 5.69 Å². The van der Waals surface area contributed by atoms with Crippen molar-refractivity contribution in [3.05, 3.63) is 69.3 Å². The highest BCUT2D eigenvalue weighted by Gasteiger charge is 2.08. The summed E-state index contributed by atoms with van der Waals surface area (Å²) in [5, 5.41) is 5.43. The maximum atomic E-state index is 4.86. The molecule has 5 heteroatoms. The van der Waals surface area contributed by atoms with Crippen LogP contribution in [0.25, 0.3) is 11.3 Å². The van der Waals surface area contributed by atoms with E-state index in [0.717, 1.165) is 40.9 Å². The van der Waals surface area contributed by atoms with Crippen LogP contribution < -0.4 is 10.1 Å². The van der Waals surface area contributed by atoms with Crippen LogP contribution in [0, 0.1) is 0 Å². The summed E-state index contributed by atoms with van der Waals surface area (Å²) in [6.07, 6.45) is 2.28. The minimum Gasteiger partial charge on any atom is -0.320 e. The Balaban J connectivity index is 1.97. The second kappa shape index (κ2) is 9.13. The molecule has 0 radical (unpaired) electrons. The molecule has 0 aliphatic heterocycles. The second-order valence-electron chi connectivity index (χ2n) is 5.82. The molecule has 25 heavy (non-hydrogen) atoms. The number of aromatic nitrogens is 1. The van der Waals surface area contributed by atoms with Crippen LogP contribution in [0.3, 0.4) is 0 Å². The van der Waals surface area contributed by atoms with Crippen LogP contribution >= 0.6 is 27.3 Å². The van der Waals surface area contributed by atoms with Crippen LogP contribution in [0.1, 0.15) is 12.8 Å². The Bertz CT molecular complexity index is 851. The van der Waals surface area contributed by atoms with Gasteiger partial charge < -0.3 is 9.88 Å². The van der Waals surface area contributed by atoms with Gasteiger partial charge in [-0.2, -0.15) is 0 Å². The van der Waals surface area contributed by atoms with Gasteiger partial charge in [-0.25, -0.2) is 4.99 Å². The number of para-hydroxylation sites is 1. The molecule has 2 aromatic carbocycles. The van der Waals surface area contributed by atoms with E-state index < -0.39 is 0 Å². The number of unbranched alkanes of at least 4 members (excludes halogenated alkanes) is 1. The average Bonchev–Trinajstić information content (AvgIpc) is 3.03. The third kappa shape index (κ3) is 4.91. The molecule has 3 aromatic rings. The van der Waals surface area contributed by atoms with Crippen LogP contribution in [-0.4, -0.2) is 18.2 Å². The summed E-state index contributed by atoms with van der Waals surface area (Å²) in [7, 11) is 2.00. The van der Waals surface area contributed by atoms with E-state index in [1.807, 2.05) is 37.4 Å². The van der Waals surface area contributed by atoms with Crippen molar-refractivity contribution in [3.63, 3.8) is 0 Å². The summed E-state index contributed by atoms with van der Waals surface area (Å²) in [4.78, 5) is 5.91. The smallest absolute Gasteiger partial charge is 0.190 e. The molecule has 0 spiro atoms. The molecule has 0 aliphatic carbocycles. The summed E-state index contributed by atoms with van der Waals surface area (Å²) in [5.74, 6) is 0. The maximum absolute atomic E-state index is 4.86. The van der Waals surface area contributed by atoms with E-state index in [1.54, 1.807) is 11.3 Å². The lowest BCUT2D eigenvalue weighted by atomic mass is 10.1. The first-order valence-electron chi connectivity index (χ1n) is 8.46. The normalized spacial score (nSPS) is 11.8. The fraction of sp³-hybridized carbons (Fsp3) is 0.250. The zero-order chi connectivity index (χ0) is 17.5. The van der Waals surface area contributed by atoms with Crippen molar-refractivity contribution >= 4 is 33.0 Å². The van der Waals surface area contributed by atoms with E-state index in [2.05, 4.69) is 55.5 Å². The molecule has 1 aromatic heterocycles. The summed E-state index contributed by atoms with van der Waals surface area (Å²) in [6.45, 7) is 2.02. The Morgan fingerprint density at radius 2 is 1.80 bits per heavy atom. The first-order chi connectivity index (χ1) is 12.3. The Kier molecular flexibility index (Phi) is 6.62. The van der Waals surface area contributed by atoms with E-state index in [0.29, 0.717) is 0 Å². The topological polar surface area (TPSA) is 29.3 Å². The minimum atomic E-state index is 0.974. The molecule has 0 unspecified atom stereocenters. The molecule has 0 amide bonds. The summed E-state index contributed by atoms with van der Waals surface area (Å²) in [6, 6.07) is 18.7. The number of nitrogens with one attached hydrogen (secondary N) is 1. The van der Waals surface area contributed by atoms with Crippen molar-refractivity contribution in [1.29, 1.82) is 0 Å². The van der Waals surface area contributed by atoms with Crippen LogP contribution in [-0.2, 0) is 6.54 Å². The van der Waals surface area contributed by atoms with Gasteiger partial charge in [0, 0.05) is 16.4 Å². The lowest BCUT2D eigenvalue weighted by Gasteiger charge is -2.09. The molecular formula is C20H22BrN3S. The molecule has 1 heterocycles. The summed E-state index contributed by atoms with van der Waals surface area (Å²) in [5.41, 5.74) is 3.45. The van der Waals surface area contributed by atoms with Gasteiger partial charge in [-0.15, -0.1) is 11.3 Å². The molecule has 130 valence electrons. The number of hydrogen-bond donors (Lipinski definition) is 1. The predicted octanol–water partition coefficient (Wildman–Crippen LogP) is 5.21. The number of thiazole rings is 1. The van der Waals surface area contributed by atoms with Crippen molar-refractivity contribution in [2.24, 2.45) is 4.99 Å². The minimum absolute atomic E-state index is 0.974. The Morgan fingerprint density at radius 1 is 1.04 bits per heavy atom. The zero-order valence-electron chi connectivity index (χ0n) is 14.3. The molecule has 3 nitrogen and oxygen atoms in total. The van der Waals surface area contributed by atoms with Gasteiger partial charge in [0.15, 0.2) is 4.80 Å². The van der Waals surface area contributed by atoms with Crippen molar-refractivity contribution in [2.75, 3.05) is 13.6 Å². The summed E-state index contributed by atoms with van der Waals surface area (Å²) >= 11 is 5.22. The van der Waals surface area contributed by atoms with Gasteiger partial charge in [0.25, 0.3) is 0 Å². The highest BCUT2D eigenvalue weighted by Crippen LogP contribution is 2.23. The van der Waals surface area contributed by atoms with Gasteiger partial charge in [-0.3, -0.25) is 0 Å². The molecule has 0 saturated carbocycles. The fourth-order valence-corrected chi connectivity index (χ4v) is 3.89. The van der Waals surface area contributed by atoms with Gasteiger partial charge in [0.2, 0.25) is 0 Å². The van der Waals surface area contributed by atoms with Crippen molar-refractivity contribution in [3.8, 4) is 11.3 Å². The molecule has 0 bridgehead atoms. The third-order valence-corrected chi connectivity index (χ3v) is 5.37. The quantitative estimate of drug-likeness (QED) is 0.527. The average molecular weight is 416 g/mol. The Hall–Kier alpha value is -1.69. The Morgan fingerprint density at radius 3 is 2.52 bits per heavy atom. The molecule has 0 fully saturated rings. The highest BCUT2D eigenvalue weighted by molar-refractivity contribution is 9.10. The number of halogens is 1. The molecule has 0 saturated heterocycles.